The van der Waals surface area contributed by atoms with Gasteiger partial charge in [0, 0.05) is 19.6 Å². The van der Waals surface area contributed by atoms with Crippen molar-refractivity contribution in [2.24, 2.45) is 0 Å². The molecule has 0 atom stereocenters. The summed E-state index contributed by atoms with van der Waals surface area (Å²) in [7, 11) is 0. The second kappa shape index (κ2) is 13.0. The molecular formula is C34H21F3N4O4S4. The van der Waals surface area contributed by atoms with Crippen LogP contribution in [0.25, 0.3) is 0 Å². The maximum absolute atomic E-state index is 12.9. The van der Waals surface area contributed by atoms with Gasteiger partial charge < -0.3 is 21.3 Å². The third-order valence-electron chi connectivity index (χ3n) is 7.29. The monoisotopic (exact) mass is 734 g/mol. The molecule has 0 fully saturated rings. The molecule has 0 unspecified atom stereocenters. The van der Waals surface area contributed by atoms with Crippen molar-refractivity contribution in [3.8, 4) is 0 Å². The van der Waals surface area contributed by atoms with Crippen LogP contribution in [0.2, 0.25) is 0 Å². The van der Waals surface area contributed by atoms with Gasteiger partial charge in [0.15, 0.2) is 0 Å². The van der Waals surface area contributed by atoms with Gasteiger partial charge in [-0.1, -0.05) is 77.4 Å². The lowest BCUT2D eigenvalue weighted by atomic mass is 10.2. The van der Waals surface area contributed by atoms with E-state index in [4.69, 9.17) is 0 Å². The highest BCUT2D eigenvalue weighted by Gasteiger charge is 2.35. The van der Waals surface area contributed by atoms with Crippen molar-refractivity contribution in [3.05, 3.63) is 116 Å². The van der Waals surface area contributed by atoms with Crippen LogP contribution in [0.4, 0.5) is 35.9 Å². The molecule has 4 aromatic carbocycles. The number of halogens is 3. The molecule has 8 rings (SSSR count). The molecule has 15 heteroatoms. The molecule has 4 aliphatic rings. The van der Waals surface area contributed by atoms with Crippen LogP contribution in [-0.2, 0) is 25.4 Å². The van der Waals surface area contributed by atoms with E-state index in [0.717, 1.165) is 55.5 Å². The second-order valence-electron chi connectivity index (χ2n) is 10.7. The largest absolute Gasteiger partial charge is 0.416 e. The number of amides is 4. The molecule has 0 radical (unpaired) electrons. The molecular weight excluding hydrogens is 714 g/mol. The smallest absolute Gasteiger partial charge is 0.320 e. The molecule has 4 amide bonds. The Morgan fingerprint density at radius 1 is 0.469 bits per heavy atom. The molecule has 0 saturated heterocycles. The van der Waals surface area contributed by atoms with Crippen LogP contribution in [0.1, 0.15) is 11.1 Å². The third kappa shape index (κ3) is 6.71. The first-order chi connectivity index (χ1) is 23.4. The van der Waals surface area contributed by atoms with Gasteiger partial charge in [-0.25, -0.2) is 0 Å². The highest BCUT2D eigenvalue weighted by Crippen LogP contribution is 2.48. The quantitative estimate of drug-likeness (QED) is 0.133. The Morgan fingerprint density at radius 2 is 0.837 bits per heavy atom. The average Bonchev–Trinajstić information content (AvgIpc) is 3.07. The van der Waals surface area contributed by atoms with Gasteiger partial charge >= 0.3 is 6.18 Å². The first kappa shape index (κ1) is 33.0. The van der Waals surface area contributed by atoms with Gasteiger partial charge in [-0.05, 0) is 67.1 Å². The molecule has 49 heavy (non-hydrogen) atoms. The van der Waals surface area contributed by atoms with Crippen LogP contribution >= 0.6 is 47.0 Å². The molecule has 0 aliphatic carbocycles. The molecule has 4 N–H and O–H groups in total. The van der Waals surface area contributed by atoms with Crippen LogP contribution < -0.4 is 21.3 Å². The van der Waals surface area contributed by atoms with Gasteiger partial charge in [0.1, 0.15) is 0 Å². The van der Waals surface area contributed by atoms with Crippen molar-refractivity contribution < 1.29 is 32.3 Å². The number of thioether (sulfide) groups is 4. The number of nitrogens with one attached hydrogen (secondary N) is 4. The van der Waals surface area contributed by atoms with Gasteiger partial charge in [0.2, 0.25) is 0 Å². The summed E-state index contributed by atoms with van der Waals surface area (Å²) in [6, 6.07) is 23.9. The summed E-state index contributed by atoms with van der Waals surface area (Å²) < 4.78 is 38.6. The Morgan fingerprint density at radius 3 is 1.29 bits per heavy atom. The lowest BCUT2D eigenvalue weighted by Crippen LogP contribution is -2.25. The number of aryl methyl sites for hydroxylation is 1. The molecule has 246 valence electrons. The molecule has 0 spiro atoms. The zero-order chi connectivity index (χ0) is 34.4. The van der Waals surface area contributed by atoms with Gasteiger partial charge in [0.05, 0.1) is 47.9 Å². The van der Waals surface area contributed by atoms with Crippen LogP contribution in [0.15, 0.2) is 124 Å². The molecule has 0 bridgehead atoms. The maximum Gasteiger partial charge on any atom is 0.416 e. The number of para-hydroxylation sites is 2. The van der Waals surface area contributed by atoms with Crippen molar-refractivity contribution >= 4 is 93.4 Å². The first-order valence-electron chi connectivity index (χ1n) is 14.4. The van der Waals surface area contributed by atoms with Crippen LogP contribution in [0.3, 0.4) is 0 Å². The van der Waals surface area contributed by atoms with E-state index in [1.165, 1.54) is 41.4 Å². The lowest BCUT2D eigenvalue weighted by Gasteiger charge is -2.25. The standard InChI is InChI=1S/C18H11F3N2O2S2.C16H10N2O2S2/c1-8-2-4-12-10(6-8)22-16(24)14(26-12)15-17(25)23-11-7-9(18(19,20)21)3-5-13(11)27-15;19-15-13(21-11-7-3-1-5-9(11)17-15)14-16(20)18-10-6-2-4-8-12(10)22-14/h2-7H,1H3,(H,22,24)(H,23,25);1-8H,(H,17,19)(H,18,20)/b15-14+;14-13+. The summed E-state index contributed by atoms with van der Waals surface area (Å²) in [6.07, 6.45) is -4.50. The van der Waals surface area contributed by atoms with Gasteiger partial charge in [-0.2, -0.15) is 13.2 Å². The first-order valence-corrected chi connectivity index (χ1v) is 17.7. The Kier molecular flexibility index (Phi) is 8.77. The van der Waals surface area contributed by atoms with Gasteiger partial charge in [-0.3, -0.25) is 19.2 Å². The number of anilines is 4. The number of rotatable bonds is 0. The Bertz CT molecular complexity index is 2120. The Labute approximate surface area is 294 Å². The average molecular weight is 735 g/mol. The molecule has 4 aromatic rings. The van der Waals surface area contributed by atoms with Crippen LogP contribution in [0.5, 0.6) is 0 Å². The number of carbonyl (C=O) groups excluding carboxylic acids is 4. The number of hydrogen-bond acceptors (Lipinski definition) is 8. The van der Waals surface area contributed by atoms with E-state index < -0.39 is 23.6 Å². The summed E-state index contributed by atoms with van der Waals surface area (Å²) in [4.78, 5) is 54.0. The molecule has 0 saturated carbocycles. The van der Waals surface area contributed by atoms with E-state index >= 15 is 0 Å². The second-order valence-corrected chi connectivity index (χ2v) is 15.0. The van der Waals surface area contributed by atoms with Gasteiger partial charge in [-0.15, -0.1) is 0 Å². The highest BCUT2D eigenvalue weighted by molar-refractivity contribution is 8.08. The minimum Gasteiger partial charge on any atom is -0.320 e. The van der Waals surface area contributed by atoms with Crippen molar-refractivity contribution in [3.63, 3.8) is 0 Å². The number of alkyl halides is 3. The van der Waals surface area contributed by atoms with Crippen molar-refractivity contribution in [2.45, 2.75) is 32.7 Å². The number of hydrogen-bond donors (Lipinski definition) is 4. The third-order valence-corrected chi connectivity index (χ3v) is 12.2. The fourth-order valence-electron chi connectivity index (χ4n) is 4.98. The number of fused-ring (bicyclic) bond motifs is 4. The maximum atomic E-state index is 12.9. The summed E-state index contributed by atoms with van der Waals surface area (Å²) in [6.45, 7) is 1.90. The van der Waals surface area contributed by atoms with E-state index in [1.54, 1.807) is 0 Å². The van der Waals surface area contributed by atoms with Crippen LogP contribution in [0, 0.1) is 6.92 Å². The molecule has 8 nitrogen and oxygen atoms in total. The highest BCUT2D eigenvalue weighted by atomic mass is 32.2. The van der Waals surface area contributed by atoms with E-state index in [0.29, 0.717) is 20.4 Å². The fraction of sp³-hybridized carbons (Fsp3) is 0.0588. The number of benzene rings is 4. The van der Waals surface area contributed by atoms with Crippen molar-refractivity contribution in [1.29, 1.82) is 0 Å². The topological polar surface area (TPSA) is 116 Å². The minimum atomic E-state index is -4.50. The van der Waals surface area contributed by atoms with E-state index in [9.17, 15) is 32.3 Å². The summed E-state index contributed by atoms with van der Waals surface area (Å²) in [5, 5.41) is 10.9. The zero-order valence-corrected chi connectivity index (χ0v) is 28.2. The van der Waals surface area contributed by atoms with Crippen molar-refractivity contribution in [1.82, 2.24) is 0 Å². The van der Waals surface area contributed by atoms with Crippen LogP contribution in [-0.4, -0.2) is 23.6 Å². The number of carbonyl (C=O) groups is 4. The van der Waals surface area contributed by atoms with Crippen molar-refractivity contribution in [2.75, 3.05) is 21.3 Å². The van der Waals surface area contributed by atoms with E-state index in [2.05, 4.69) is 21.3 Å². The van der Waals surface area contributed by atoms with E-state index in [1.807, 2.05) is 73.7 Å². The lowest BCUT2D eigenvalue weighted by molar-refractivity contribution is -0.137. The zero-order valence-electron chi connectivity index (χ0n) is 25.0. The minimum absolute atomic E-state index is 0.0846. The Hall–Kier alpha value is -4.57. The molecule has 4 aliphatic heterocycles. The molecule has 0 aromatic heterocycles. The van der Waals surface area contributed by atoms with Gasteiger partial charge in [0.25, 0.3) is 23.6 Å². The summed E-state index contributed by atoms with van der Waals surface area (Å²) in [5.41, 5.74) is 2.47. The summed E-state index contributed by atoms with van der Waals surface area (Å²) in [5.74, 6) is -1.48. The predicted molar refractivity (Wildman–Crippen MR) is 188 cm³/mol. The van der Waals surface area contributed by atoms with E-state index in [-0.39, 0.29) is 27.3 Å². The fourth-order valence-corrected chi connectivity index (χ4v) is 9.14. The SMILES string of the molecule is Cc1ccc2c(c1)NC(=O)/C(=C1\Sc3ccc(C(F)(F)F)cc3NC1=O)S2.O=C1Nc2ccccc2S/C1=C1/Sc2ccccc2NC1=O. The predicted octanol–water partition coefficient (Wildman–Crippen LogP) is 8.70. The normalized spacial score (nSPS) is 19.4. The summed E-state index contributed by atoms with van der Waals surface area (Å²) >= 11 is 4.84. The Balaban J connectivity index is 0.000000157. The molecule has 4 heterocycles.